The summed E-state index contributed by atoms with van der Waals surface area (Å²) in [5.41, 5.74) is 2.33. The molecule has 1 N–H and O–H groups in total. The first kappa shape index (κ1) is 24.0. The Kier molecular flexibility index (Phi) is 7.57. The minimum atomic E-state index is -0.295. The molecule has 1 aromatic heterocycles. The zero-order valence-electron chi connectivity index (χ0n) is 20.4. The van der Waals surface area contributed by atoms with Crippen LogP contribution in [0.25, 0.3) is 0 Å². The number of hydrogen-bond donors (Lipinski definition) is 1. The monoisotopic (exact) mass is 484 g/mol. The number of hydrogen-bond acceptors (Lipinski definition) is 5. The van der Waals surface area contributed by atoms with Gasteiger partial charge in [-0.05, 0) is 81.1 Å². The second kappa shape index (κ2) is 11.4. The lowest BCUT2D eigenvalue weighted by Gasteiger charge is -2.32. The molecule has 0 bridgehead atoms. The Morgan fingerprint density at radius 1 is 1.00 bits per heavy atom. The molecule has 2 aromatic carbocycles. The highest BCUT2D eigenvalue weighted by Gasteiger charge is 2.30. The highest BCUT2D eigenvalue weighted by molar-refractivity contribution is 6.11. The number of aromatic nitrogens is 1. The van der Waals surface area contributed by atoms with Crippen LogP contribution in [0.1, 0.15) is 35.2 Å². The van der Waals surface area contributed by atoms with Crippen LogP contribution in [0.3, 0.4) is 0 Å². The number of carbonyl (C=O) groups is 2. The Hall–Kier alpha value is -3.71. The van der Waals surface area contributed by atoms with E-state index in [2.05, 4.69) is 45.5 Å². The van der Waals surface area contributed by atoms with E-state index in [4.69, 9.17) is 4.74 Å². The van der Waals surface area contributed by atoms with Crippen LogP contribution in [0.2, 0.25) is 0 Å². The predicted octanol–water partition coefficient (Wildman–Crippen LogP) is 4.30. The van der Waals surface area contributed by atoms with Gasteiger partial charge in [0.05, 0.1) is 5.69 Å². The number of piperidine rings is 1. The standard InChI is InChI=1S/C29H32N4O3/c34-27(30-16-7-17-32-18-13-23(14-19-32)20-22-8-2-1-3-9-22)21-33-25-11-4-5-12-26(25)36-28-24(29(33)35)10-6-15-31-28/h1-6,8-12,15,23H,7,13-14,16-21H2,(H,30,34). The zero-order chi connectivity index (χ0) is 24.7. The van der Waals surface area contributed by atoms with Gasteiger partial charge in [-0.2, -0.15) is 0 Å². The number of carbonyl (C=O) groups excluding carboxylic acids is 2. The van der Waals surface area contributed by atoms with E-state index in [-0.39, 0.29) is 24.2 Å². The topological polar surface area (TPSA) is 74.8 Å². The molecule has 0 spiro atoms. The SMILES string of the molecule is O=C(CN1C(=O)c2cccnc2Oc2ccccc21)NCCCN1CCC(Cc2ccccc2)CC1. The van der Waals surface area contributed by atoms with Crippen LogP contribution in [-0.2, 0) is 11.2 Å². The number of nitrogens with one attached hydrogen (secondary N) is 1. The highest BCUT2D eigenvalue weighted by Crippen LogP contribution is 2.37. The first-order valence-corrected chi connectivity index (χ1v) is 12.7. The number of fused-ring (bicyclic) bond motifs is 2. The molecule has 7 nitrogen and oxygen atoms in total. The van der Waals surface area contributed by atoms with Crippen molar-refractivity contribution in [1.29, 1.82) is 0 Å². The van der Waals surface area contributed by atoms with E-state index in [0.29, 0.717) is 23.5 Å². The van der Waals surface area contributed by atoms with Gasteiger partial charge in [-0.25, -0.2) is 4.98 Å². The second-order valence-electron chi connectivity index (χ2n) is 9.50. The van der Waals surface area contributed by atoms with Gasteiger partial charge in [-0.1, -0.05) is 42.5 Å². The average molecular weight is 485 g/mol. The summed E-state index contributed by atoms with van der Waals surface area (Å²) < 4.78 is 5.88. The Morgan fingerprint density at radius 3 is 2.61 bits per heavy atom. The number of likely N-dealkylation sites (tertiary alicyclic amines) is 1. The molecule has 0 aliphatic carbocycles. The van der Waals surface area contributed by atoms with E-state index in [1.165, 1.54) is 23.3 Å². The Balaban J connectivity index is 1.09. The van der Waals surface area contributed by atoms with Crippen molar-refractivity contribution in [2.24, 2.45) is 5.92 Å². The third-order valence-corrected chi connectivity index (χ3v) is 6.96. The maximum absolute atomic E-state index is 13.2. The van der Waals surface area contributed by atoms with Gasteiger partial charge in [0.1, 0.15) is 12.1 Å². The summed E-state index contributed by atoms with van der Waals surface area (Å²) in [5, 5.41) is 2.99. The molecule has 3 aromatic rings. The van der Waals surface area contributed by atoms with Crippen LogP contribution >= 0.6 is 0 Å². The van der Waals surface area contributed by atoms with Crippen LogP contribution in [0.15, 0.2) is 72.9 Å². The molecule has 2 amide bonds. The van der Waals surface area contributed by atoms with E-state index in [9.17, 15) is 9.59 Å². The molecule has 36 heavy (non-hydrogen) atoms. The molecular formula is C29H32N4O3. The number of rotatable bonds is 8. The molecule has 0 unspecified atom stereocenters. The molecule has 2 aliphatic rings. The molecule has 0 saturated carbocycles. The van der Waals surface area contributed by atoms with Crippen molar-refractivity contribution in [2.45, 2.75) is 25.7 Å². The average Bonchev–Trinajstić information content (AvgIpc) is 3.03. The summed E-state index contributed by atoms with van der Waals surface area (Å²) in [6.07, 6.45) is 6.07. The van der Waals surface area contributed by atoms with Gasteiger partial charge in [0.25, 0.3) is 5.91 Å². The second-order valence-corrected chi connectivity index (χ2v) is 9.50. The van der Waals surface area contributed by atoms with E-state index in [1.54, 1.807) is 30.5 Å². The molecule has 1 saturated heterocycles. The first-order valence-electron chi connectivity index (χ1n) is 12.7. The Morgan fingerprint density at radius 2 is 1.78 bits per heavy atom. The van der Waals surface area contributed by atoms with Gasteiger partial charge in [0.2, 0.25) is 11.8 Å². The highest BCUT2D eigenvalue weighted by atomic mass is 16.5. The van der Waals surface area contributed by atoms with Crippen LogP contribution in [0.5, 0.6) is 11.6 Å². The van der Waals surface area contributed by atoms with E-state index < -0.39 is 0 Å². The summed E-state index contributed by atoms with van der Waals surface area (Å²) in [7, 11) is 0. The van der Waals surface area contributed by atoms with Crippen molar-refractivity contribution in [3.8, 4) is 11.6 Å². The van der Waals surface area contributed by atoms with E-state index in [0.717, 1.165) is 38.4 Å². The molecule has 5 rings (SSSR count). The number of para-hydroxylation sites is 2. The maximum atomic E-state index is 13.2. The lowest BCUT2D eigenvalue weighted by Crippen LogP contribution is -2.41. The minimum absolute atomic E-state index is 0.0710. The number of ether oxygens (including phenoxy) is 1. The maximum Gasteiger partial charge on any atom is 0.264 e. The van der Waals surface area contributed by atoms with Crippen LogP contribution < -0.4 is 15.0 Å². The van der Waals surface area contributed by atoms with Gasteiger partial charge in [0.15, 0.2) is 5.75 Å². The van der Waals surface area contributed by atoms with Crippen molar-refractivity contribution in [3.05, 3.63) is 84.1 Å². The number of anilines is 1. The summed E-state index contributed by atoms with van der Waals surface area (Å²) in [4.78, 5) is 34.2. The lowest BCUT2D eigenvalue weighted by atomic mass is 9.90. The van der Waals surface area contributed by atoms with Crippen molar-refractivity contribution >= 4 is 17.5 Å². The number of amides is 2. The van der Waals surface area contributed by atoms with Gasteiger partial charge in [-0.3, -0.25) is 14.5 Å². The fourth-order valence-electron chi connectivity index (χ4n) is 5.01. The van der Waals surface area contributed by atoms with Crippen LogP contribution in [0, 0.1) is 5.92 Å². The first-order chi connectivity index (χ1) is 17.7. The summed E-state index contributed by atoms with van der Waals surface area (Å²) in [6, 6.07) is 21.3. The molecule has 0 radical (unpaired) electrons. The largest absolute Gasteiger partial charge is 0.436 e. The smallest absolute Gasteiger partial charge is 0.264 e. The normalized spacial score (nSPS) is 16.0. The molecule has 0 atom stereocenters. The minimum Gasteiger partial charge on any atom is -0.436 e. The fourth-order valence-corrected chi connectivity index (χ4v) is 5.01. The van der Waals surface area contributed by atoms with Crippen molar-refractivity contribution in [3.63, 3.8) is 0 Å². The number of nitrogens with zero attached hydrogens (tertiary/aromatic N) is 3. The zero-order valence-corrected chi connectivity index (χ0v) is 20.4. The Labute approximate surface area is 212 Å². The van der Waals surface area contributed by atoms with Crippen molar-refractivity contribution in [1.82, 2.24) is 15.2 Å². The summed E-state index contributed by atoms with van der Waals surface area (Å²) >= 11 is 0. The lowest BCUT2D eigenvalue weighted by molar-refractivity contribution is -0.119. The molecule has 186 valence electrons. The number of benzene rings is 2. The predicted molar refractivity (Wildman–Crippen MR) is 139 cm³/mol. The van der Waals surface area contributed by atoms with Gasteiger partial charge in [-0.15, -0.1) is 0 Å². The molecule has 3 heterocycles. The molecule has 7 heteroatoms. The van der Waals surface area contributed by atoms with Crippen LogP contribution in [-0.4, -0.2) is 54.4 Å². The van der Waals surface area contributed by atoms with E-state index in [1.807, 2.05) is 12.1 Å². The van der Waals surface area contributed by atoms with Crippen molar-refractivity contribution < 1.29 is 14.3 Å². The molecule has 2 aliphatic heterocycles. The van der Waals surface area contributed by atoms with Crippen molar-refractivity contribution in [2.75, 3.05) is 37.6 Å². The van der Waals surface area contributed by atoms with Gasteiger partial charge < -0.3 is 15.0 Å². The fraction of sp³-hybridized carbons (Fsp3) is 0.345. The quantitative estimate of drug-likeness (QED) is 0.483. The van der Waals surface area contributed by atoms with E-state index >= 15 is 0 Å². The third-order valence-electron chi connectivity index (χ3n) is 6.96. The number of pyridine rings is 1. The van der Waals surface area contributed by atoms with Crippen LogP contribution in [0.4, 0.5) is 5.69 Å². The molecule has 1 fully saturated rings. The third kappa shape index (κ3) is 5.74. The van der Waals surface area contributed by atoms with Gasteiger partial charge >= 0.3 is 0 Å². The Bertz CT molecular complexity index is 1190. The van der Waals surface area contributed by atoms with Gasteiger partial charge in [0, 0.05) is 12.7 Å². The summed E-state index contributed by atoms with van der Waals surface area (Å²) in [5.74, 6) is 1.03. The molecular weight excluding hydrogens is 452 g/mol. The summed E-state index contributed by atoms with van der Waals surface area (Å²) in [6.45, 7) is 3.70.